The molecular weight excluding hydrogens is 292 g/mol. The van der Waals surface area contributed by atoms with E-state index in [-0.39, 0.29) is 18.6 Å². The molecule has 23 heavy (non-hydrogen) atoms. The van der Waals surface area contributed by atoms with Crippen LogP contribution in [0, 0.1) is 5.92 Å². The summed E-state index contributed by atoms with van der Waals surface area (Å²) in [4.78, 5) is 12.3. The molecule has 1 heterocycles. The van der Waals surface area contributed by atoms with Gasteiger partial charge in [-0.25, -0.2) is 0 Å². The third-order valence-corrected chi connectivity index (χ3v) is 4.62. The predicted octanol–water partition coefficient (Wildman–Crippen LogP) is 0.845. The molecule has 4 atom stereocenters. The Morgan fingerprint density at radius 2 is 2.13 bits per heavy atom. The lowest BCUT2D eigenvalue weighted by Gasteiger charge is -2.31. The summed E-state index contributed by atoms with van der Waals surface area (Å²) in [5.74, 6) is 0.390. The van der Waals surface area contributed by atoms with Gasteiger partial charge in [-0.3, -0.25) is 4.79 Å². The van der Waals surface area contributed by atoms with Crippen LogP contribution < -0.4 is 10.6 Å². The van der Waals surface area contributed by atoms with Crippen molar-refractivity contribution in [3.05, 3.63) is 35.9 Å². The van der Waals surface area contributed by atoms with E-state index in [0.717, 1.165) is 32.2 Å². The first-order chi connectivity index (χ1) is 11.1. The van der Waals surface area contributed by atoms with E-state index in [1.54, 1.807) is 6.92 Å². The van der Waals surface area contributed by atoms with Crippen molar-refractivity contribution in [1.82, 2.24) is 10.6 Å². The number of piperidine rings is 1. The maximum Gasteiger partial charge on any atom is 0.237 e. The quantitative estimate of drug-likeness (QED) is 0.600. The van der Waals surface area contributed by atoms with Gasteiger partial charge >= 0.3 is 0 Å². The number of aryl methyl sites for hydroxylation is 1. The number of hydrogen-bond donors (Lipinski definition) is 4. The molecular formula is C18H28N2O3. The highest BCUT2D eigenvalue weighted by Crippen LogP contribution is 2.22. The molecule has 0 saturated carbocycles. The minimum Gasteiger partial charge on any atom is -0.394 e. The monoisotopic (exact) mass is 320 g/mol. The van der Waals surface area contributed by atoms with E-state index in [0.29, 0.717) is 5.92 Å². The fourth-order valence-corrected chi connectivity index (χ4v) is 3.08. The van der Waals surface area contributed by atoms with E-state index in [1.165, 1.54) is 5.56 Å². The fraction of sp³-hybridized carbons (Fsp3) is 0.611. The van der Waals surface area contributed by atoms with Gasteiger partial charge in [-0.05, 0) is 50.6 Å². The molecule has 2 rings (SSSR count). The van der Waals surface area contributed by atoms with Crippen molar-refractivity contribution in [3.8, 4) is 0 Å². The molecule has 5 nitrogen and oxygen atoms in total. The summed E-state index contributed by atoms with van der Waals surface area (Å²) in [7, 11) is 0. The second-order valence-electron chi connectivity index (χ2n) is 6.46. The average molecular weight is 320 g/mol. The molecule has 1 aliphatic rings. The number of benzene rings is 1. The van der Waals surface area contributed by atoms with Crippen molar-refractivity contribution >= 4 is 5.91 Å². The Hall–Kier alpha value is -1.43. The van der Waals surface area contributed by atoms with Crippen molar-refractivity contribution in [1.29, 1.82) is 0 Å². The number of carbonyl (C=O) groups is 1. The van der Waals surface area contributed by atoms with E-state index in [1.807, 2.05) is 6.07 Å². The number of aliphatic hydroxyl groups is 2. The number of nitrogens with one attached hydrogen (secondary N) is 2. The van der Waals surface area contributed by atoms with Crippen LogP contribution in [-0.4, -0.2) is 47.5 Å². The molecule has 1 saturated heterocycles. The second-order valence-corrected chi connectivity index (χ2v) is 6.46. The zero-order chi connectivity index (χ0) is 16.7. The molecule has 5 heteroatoms. The topological polar surface area (TPSA) is 81.6 Å². The Labute approximate surface area is 138 Å². The maximum absolute atomic E-state index is 12.3. The van der Waals surface area contributed by atoms with Crippen LogP contribution in [-0.2, 0) is 11.2 Å². The standard InChI is InChI=1S/C18H28N2O3/c1-13(22)17(12-21)20-18(23)16-11-15(9-10-19-16)8-7-14-5-3-2-4-6-14/h2-6,13,15-17,19,21-22H,7-12H2,1H3,(H,20,23)/t13-,15?,16?,17-/m1/s1. The lowest BCUT2D eigenvalue weighted by molar-refractivity contribution is -0.126. The molecule has 1 aromatic rings. The van der Waals surface area contributed by atoms with Crippen molar-refractivity contribution in [3.63, 3.8) is 0 Å². The number of carbonyl (C=O) groups excluding carboxylic acids is 1. The minimum atomic E-state index is -0.763. The molecule has 1 amide bonds. The molecule has 0 bridgehead atoms. The SMILES string of the molecule is C[C@@H](O)[C@@H](CO)NC(=O)C1CC(CCc2ccccc2)CCN1. The third-order valence-electron chi connectivity index (χ3n) is 4.62. The zero-order valence-corrected chi connectivity index (χ0v) is 13.7. The van der Waals surface area contributed by atoms with Crippen LogP contribution in [0.25, 0.3) is 0 Å². The van der Waals surface area contributed by atoms with E-state index in [2.05, 4.69) is 34.9 Å². The van der Waals surface area contributed by atoms with Gasteiger partial charge in [0.05, 0.1) is 24.8 Å². The normalized spacial score (nSPS) is 24.0. The molecule has 128 valence electrons. The fourth-order valence-electron chi connectivity index (χ4n) is 3.08. The van der Waals surface area contributed by atoms with Crippen LogP contribution in [0.15, 0.2) is 30.3 Å². The van der Waals surface area contributed by atoms with Crippen molar-refractivity contribution in [2.45, 2.75) is 50.8 Å². The Balaban J connectivity index is 1.81. The van der Waals surface area contributed by atoms with Crippen LogP contribution in [0.4, 0.5) is 0 Å². The van der Waals surface area contributed by atoms with Crippen molar-refractivity contribution in [2.24, 2.45) is 5.92 Å². The van der Waals surface area contributed by atoms with Gasteiger partial charge in [-0.2, -0.15) is 0 Å². The minimum absolute atomic E-state index is 0.130. The first-order valence-electron chi connectivity index (χ1n) is 8.46. The Morgan fingerprint density at radius 1 is 1.39 bits per heavy atom. The van der Waals surface area contributed by atoms with Gasteiger partial charge in [0.15, 0.2) is 0 Å². The van der Waals surface area contributed by atoms with Crippen molar-refractivity contribution in [2.75, 3.05) is 13.2 Å². The summed E-state index contributed by atoms with van der Waals surface area (Å²) >= 11 is 0. The summed E-state index contributed by atoms with van der Waals surface area (Å²) in [5.41, 5.74) is 1.33. The highest BCUT2D eigenvalue weighted by molar-refractivity contribution is 5.82. The Morgan fingerprint density at radius 3 is 2.78 bits per heavy atom. The number of aliphatic hydroxyl groups excluding tert-OH is 2. The van der Waals surface area contributed by atoms with Gasteiger partial charge in [0, 0.05) is 0 Å². The van der Waals surface area contributed by atoms with Crippen LogP contribution >= 0.6 is 0 Å². The second kappa shape index (κ2) is 9.01. The smallest absolute Gasteiger partial charge is 0.237 e. The van der Waals surface area contributed by atoms with E-state index >= 15 is 0 Å². The van der Waals surface area contributed by atoms with Gasteiger partial charge in [-0.1, -0.05) is 30.3 Å². The highest BCUT2D eigenvalue weighted by Gasteiger charge is 2.28. The van der Waals surface area contributed by atoms with Gasteiger partial charge in [0.2, 0.25) is 5.91 Å². The zero-order valence-electron chi connectivity index (χ0n) is 13.7. The van der Waals surface area contributed by atoms with Gasteiger partial charge in [-0.15, -0.1) is 0 Å². The van der Waals surface area contributed by atoms with Gasteiger partial charge in [0.25, 0.3) is 0 Å². The van der Waals surface area contributed by atoms with Crippen LogP contribution in [0.1, 0.15) is 31.7 Å². The molecule has 0 spiro atoms. The van der Waals surface area contributed by atoms with E-state index in [9.17, 15) is 15.0 Å². The summed E-state index contributed by atoms with van der Waals surface area (Å²) in [5, 5.41) is 24.7. The van der Waals surface area contributed by atoms with Crippen LogP contribution in [0.3, 0.4) is 0 Å². The molecule has 0 radical (unpaired) electrons. The molecule has 1 aliphatic heterocycles. The first-order valence-corrected chi connectivity index (χ1v) is 8.46. The molecule has 4 N–H and O–H groups in total. The summed E-state index contributed by atoms with van der Waals surface area (Å²) in [6, 6.07) is 9.57. The summed E-state index contributed by atoms with van der Waals surface area (Å²) in [6.45, 7) is 2.14. The van der Waals surface area contributed by atoms with E-state index in [4.69, 9.17) is 0 Å². The third kappa shape index (κ3) is 5.61. The lowest BCUT2D eigenvalue weighted by Crippen LogP contribution is -2.54. The summed E-state index contributed by atoms with van der Waals surface area (Å²) < 4.78 is 0. The lowest BCUT2D eigenvalue weighted by atomic mass is 9.87. The van der Waals surface area contributed by atoms with Gasteiger partial charge in [0.1, 0.15) is 0 Å². The Bertz CT molecular complexity index is 478. The molecule has 0 aromatic heterocycles. The molecule has 1 aromatic carbocycles. The number of amides is 1. The maximum atomic E-state index is 12.3. The molecule has 1 fully saturated rings. The Kier molecular flexibility index (Phi) is 7.02. The van der Waals surface area contributed by atoms with Crippen LogP contribution in [0.5, 0.6) is 0 Å². The molecule has 2 unspecified atom stereocenters. The van der Waals surface area contributed by atoms with Crippen LogP contribution in [0.2, 0.25) is 0 Å². The highest BCUT2D eigenvalue weighted by atomic mass is 16.3. The van der Waals surface area contributed by atoms with Crippen molar-refractivity contribution < 1.29 is 15.0 Å². The van der Waals surface area contributed by atoms with Gasteiger partial charge < -0.3 is 20.8 Å². The number of rotatable bonds is 7. The average Bonchev–Trinajstić information content (AvgIpc) is 2.58. The predicted molar refractivity (Wildman–Crippen MR) is 90.0 cm³/mol. The largest absolute Gasteiger partial charge is 0.394 e. The van der Waals surface area contributed by atoms with E-state index < -0.39 is 12.1 Å². The number of hydrogen-bond acceptors (Lipinski definition) is 4. The summed E-state index contributed by atoms with van der Waals surface area (Å²) in [6.07, 6.45) is 3.23. The molecule has 0 aliphatic carbocycles. The first kappa shape index (κ1) is 17.9.